The summed E-state index contributed by atoms with van der Waals surface area (Å²) in [7, 11) is 0. The topological polar surface area (TPSA) is 60.4 Å². The summed E-state index contributed by atoms with van der Waals surface area (Å²) in [4.78, 5) is 20.3. The summed E-state index contributed by atoms with van der Waals surface area (Å²) < 4.78 is 38.4. The summed E-state index contributed by atoms with van der Waals surface area (Å²) in [5, 5.41) is 4.19. The fourth-order valence-corrected chi connectivity index (χ4v) is 3.85. The fourth-order valence-electron chi connectivity index (χ4n) is 3.85. The number of carbonyl (C=O) groups excluding carboxylic acids is 1. The van der Waals surface area contributed by atoms with Gasteiger partial charge < -0.3 is 19.2 Å². The van der Waals surface area contributed by atoms with Crippen molar-refractivity contribution < 1.29 is 27.9 Å². The smallest absolute Gasteiger partial charge is 0.257 e. The summed E-state index contributed by atoms with van der Waals surface area (Å²) in [6, 6.07) is 17.2. The first kappa shape index (κ1) is 20.9. The molecule has 8 heteroatoms. The van der Waals surface area contributed by atoms with E-state index in [2.05, 4.69) is 5.16 Å². The number of hydrogen-bond donors (Lipinski definition) is 0. The van der Waals surface area contributed by atoms with E-state index in [1.54, 1.807) is 18.2 Å². The van der Waals surface area contributed by atoms with Crippen LogP contribution in [0.5, 0.6) is 11.5 Å². The molecule has 0 saturated heterocycles. The molecule has 0 spiro atoms. The van der Waals surface area contributed by atoms with Gasteiger partial charge in [-0.15, -0.1) is 0 Å². The summed E-state index contributed by atoms with van der Waals surface area (Å²) >= 11 is 0. The van der Waals surface area contributed by atoms with Gasteiger partial charge in [-0.05, 0) is 48.0 Å². The largest absolute Gasteiger partial charge is 0.454 e. The van der Waals surface area contributed by atoms with E-state index in [0.29, 0.717) is 17.9 Å². The van der Waals surface area contributed by atoms with Gasteiger partial charge in [0.2, 0.25) is 6.79 Å². The maximum absolute atomic E-state index is 14.3. The van der Waals surface area contributed by atoms with Crippen LogP contribution in [0.3, 0.4) is 0 Å². The van der Waals surface area contributed by atoms with Crippen LogP contribution in [0.2, 0.25) is 0 Å². The summed E-state index contributed by atoms with van der Waals surface area (Å²) in [5.74, 6) is -0.123. The van der Waals surface area contributed by atoms with E-state index in [1.165, 1.54) is 35.2 Å². The van der Waals surface area contributed by atoms with Gasteiger partial charge in [0.05, 0.1) is 17.8 Å². The van der Waals surface area contributed by atoms with Gasteiger partial charge in [0.15, 0.2) is 17.6 Å². The van der Waals surface area contributed by atoms with Crippen LogP contribution in [0.15, 0.2) is 71.9 Å². The molecule has 1 atom stereocenters. The quantitative estimate of drug-likeness (QED) is 0.554. The van der Waals surface area contributed by atoms with Crippen LogP contribution in [-0.4, -0.2) is 36.0 Å². The predicted octanol–water partition coefficient (Wildman–Crippen LogP) is 4.53. The maximum atomic E-state index is 14.3. The molecule has 2 heterocycles. The first-order valence-electron chi connectivity index (χ1n) is 10.5. The van der Waals surface area contributed by atoms with Crippen molar-refractivity contribution in [3.05, 3.63) is 95.1 Å². The number of rotatable bonds is 6. The van der Waals surface area contributed by atoms with E-state index in [-0.39, 0.29) is 31.3 Å². The number of hydrogen-bond acceptors (Lipinski definition) is 5. The lowest BCUT2D eigenvalue weighted by Gasteiger charge is -2.25. The zero-order valence-corrected chi connectivity index (χ0v) is 17.5. The van der Waals surface area contributed by atoms with E-state index in [9.17, 15) is 13.6 Å². The van der Waals surface area contributed by atoms with E-state index in [4.69, 9.17) is 14.3 Å². The number of ether oxygens (including phenoxy) is 2. The highest BCUT2D eigenvalue weighted by Gasteiger charge is 2.29. The van der Waals surface area contributed by atoms with E-state index in [1.807, 2.05) is 18.2 Å². The van der Waals surface area contributed by atoms with Crippen molar-refractivity contribution in [2.45, 2.75) is 19.1 Å². The van der Waals surface area contributed by atoms with Crippen molar-refractivity contribution in [3.63, 3.8) is 0 Å². The van der Waals surface area contributed by atoms with Gasteiger partial charge in [-0.3, -0.25) is 4.79 Å². The van der Waals surface area contributed by atoms with E-state index < -0.39 is 17.8 Å². The molecule has 2 aliphatic heterocycles. The molecule has 1 unspecified atom stereocenters. The van der Waals surface area contributed by atoms with Gasteiger partial charge in [0, 0.05) is 18.5 Å². The third-order valence-corrected chi connectivity index (χ3v) is 5.54. The minimum atomic E-state index is -0.601. The van der Waals surface area contributed by atoms with Gasteiger partial charge in [-0.1, -0.05) is 29.4 Å². The SMILES string of the molecule is O=C(c1ccccc1F)N(Cc1ccc(F)cc1)CC1CC(c2ccc3c(c2)OCO3)=NO1. The second-order valence-corrected chi connectivity index (χ2v) is 7.83. The molecule has 0 radical (unpaired) electrons. The van der Waals surface area contributed by atoms with Crippen molar-refractivity contribution in [1.29, 1.82) is 0 Å². The Balaban J connectivity index is 1.33. The predicted molar refractivity (Wildman–Crippen MR) is 116 cm³/mol. The zero-order chi connectivity index (χ0) is 22.8. The second kappa shape index (κ2) is 8.90. The van der Waals surface area contributed by atoms with Crippen LogP contribution in [0, 0.1) is 11.6 Å². The normalized spacial score (nSPS) is 16.3. The Kier molecular flexibility index (Phi) is 5.64. The Morgan fingerprint density at radius 2 is 1.79 bits per heavy atom. The van der Waals surface area contributed by atoms with Gasteiger partial charge in [0.1, 0.15) is 11.6 Å². The van der Waals surface area contributed by atoms with Gasteiger partial charge in [-0.2, -0.15) is 0 Å². The molecule has 168 valence electrons. The Bertz CT molecular complexity index is 1210. The van der Waals surface area contributed by atoms with Crippen molar-refractivity contribution in [1.82, 2.24) is 4.90 Å². The average molecular weight is 450 g/mol. The number of oxime groups is 1. The Labute approximate surface area is 189 Å². The number of nitrogens with zero attached hydrogens (tertiary/aromatic N) is 2. The molecular weight excluding hydrogens is 430 g/mol. The molecule has 1 amide bonds. The zero-order valence-electron chi connectivity index (χ0n) is 17.5. The molecule has 5 rings (SSSR count). The Morgan fingerprint density at radius 3 is 2.61 bits per heavy atom. The molecule has 0 fully saturated rings. The highest BCUT2D eigenvalue weighted by atomic mass is 19.1. The average Bonchev–Trinajstić information content (AvgIpc) is 3.49. The molecular formula is C25H20F2N2O4. The molecule has 6 nitrogen and oxygen atoms in total. The lowest BCUT2D eigenvalue weighted by atomic mass is 10.0. The lowest BCUT2D eigenvalue weighted by molar-refractivity contribution is 0.0402. The van der Waals surface area contributed by atoms with Gasteiger partial charge >= 0.3 is 0 Å². The maximum Gasteiger partial charge on any atom is 0.257 e. The molecule has 0 aliphatic carbocycles. The number of fused-ring (bicyclic) bond motifs is 1. The van der Waals surface area contributed by atoms with Crippen molar-refractivity contribution in [2.24, 2.45) is 5.16 Å². The van der Waals surface area contributed by atoms with Crippen molar-refractivity contribution >= 4 is 11.6 Å². The van der Waals surface area contributed by atoms with Gasteiger partial charge in [0.25, 0.3) is 5.91 Å². The minimum Gasteiger partial charge on any atom is -0.454 e. The van der Waals surface area contributed by atoms with Crippen LogP contribution in [-0.2, 0) is 11.4 Å². The van der Waals surface area contributed by atoms with Crippen molar-refractivity contribution in [2.75, 3.05) is 13.3 Å². The lowest BCUT2D eigenvalue weighted by Crippen LogP contribution is -2.37. The molecule has 0 bridgehead atoms. The van der Waals surface area contributed by atoms with Crippen molar-refractivity contribution in [3.8, 4) is 11.5 Å². The second-order valence-electron chi connectivity index (χ2n) is 7.83. The molecule has 0 N–H and O–H groups in total. The van der Waals surface area contributed by atoms with E-state index >= 15 is 0 Å². The monoisotopic (exact) mass is 450 g/mol. The third-order valence-electron chi connectivity index (χ3n) is 5.54. The number of carbonyl (C=O) groups is 1. The molecule has 0 aromatic heterocycles. The van der Waals surface area contributed by atoms with Crippen LogP contribution >= 0.6 is 0 Å². The minimum absolute atomic E-state index is 0.0329. The molecule has 33 heavy (non-hydrogen) atoms. The molecule has 3 aromatic carbocycles. The van der Waals surface area contributed by atoms with Crippen LogP contribution < -0.4 is 9.47 Å². The number of halogens is 2. The van der Waals surface area contributed by atoms with Crippen LogP contribution in [0.4, 0.5) is 8.78 Å². The highest BCUT2D eigenvalue weighted by molar-refractivity contribution is 6.02. The summed E-state index contributed by atoms with van der Waals surface area (Å²) in [5.41, 5.74) is 2.25. The Morgan fingerprint density at radius 1 is 1.00 bits per heavy atom. The molecule has 0 saturated carbocycles. The molecule has 2 aliphatic rings. The number of benzene rings is 3. The standard InChI is InChI=1S/C25H20F2N2O4/c26-18-8-5-16(6-9-18)13-29(25(30)20-3-1-2-4-21(20)27)14-19-12-22(28-33-19)17-7-10-23-24(11-17)32-15-31-23/h1-11,19H,12-15H2. The third kappa shape index (κ3) is 4.50. The number of amides is 1. The van der Waals surface area contributed by atoms with Crippen LogP contribution in [0.1, 0.15) is 27.9 Å². The van der Waals surface area contributed by atoms with E-state index in [0.717, 1.165) is 16.8 Å². The summed E-state index contributed by atoms with van der Waals surface area (Å²) in [6.07, 6.45) is 0.0472. The first-order chi connectivity index (χ1) is 16.1. The first-order valence-corrected chi connectivity index (χ1v) is 10.5. The Hall–Kier alpha value is -3.94. The summed E-state index contributed by atoms with van der Waals surface area (Å²) in [6.45, 7) is 0.537. The molecule has 3 aromatic rings. The van der Waals surface area contributed by atoms with Crippen LogP contribution in [0.25, 0.3) is 0 Å². The highest BCUT2D eigenvalue weighted by Crippen LogP contribution is 2.33. The fraction of sp³-hybridized carbons (Fsp3) is 0.200. The van der Waals surface area contributed by atoms with Gasteiger partial charge in [-0.25, -0.2) is 8.78 Å².